The van der Waals surface area contributed by atoms with Gasteiger partial charge in [0.15, 0.2) is 0 Å². The van der Waals surface area contributed by atoms with Gasteiger partial charge in [0.2, 0.25) is 0 Å². The second kappa shape index (κ2) is 8.28. The van der Waals surface area contributed by atoms with Gasteiger partial charge in [0.25, 0.3) is 0 Å². The molecule has 0 fully saturated rings. The summed E-state index contributed by atoms with van der Waals surface area (Å²) >= 11 is 0. The van der Waals surface area contributed by atoms with Crippen molar-refractivity contribution >= 4 is 0 Å². The Hall–Kier alpha value is -0.930. The molecule has 1 rings (SSSR count). The average Bonchev–Trinajstić information content (AvgIpc) is 2.38. The van der Waals surface area contributed by atoms with Gasteiger partial charge in [-0.3, -0.25) is 9.88 Å². The van der Waals surface area contributed by atoms with Gasteiger partial charge in [0.1, 0.15) is 0 Å². The van der Waals surface area contributed by atoms with Crippen molar-refractivity contribution in [3.8, 4) is 0 Å². The van der Waals surface area contributed by atoms with E-state index in [0.717, 1.165) is 18.8 Å². The first-order chi connectivity index (χ1) is 9.02. The van der Waals surface area contributed by atoms with Crippen molar-refractivity contribution in [2.24, 2.45) is 0 Å². The largest absolute Gasteiger partial charge is 0.310 e. The van der Waals surface area contributed by atoms with E-state index in [1.165, 1.54) is 18.4 Å². The summed E-state index contributed by atoms with van der Waals surface area (Å²) in [7, 11) is 2.18. The summed E-state index contributed by atoms with van der Waals surface area (Å²) in [6, 6.07) is 5.46. The highest BCUT2D eigenvalue weighted by atomic mass is 15.1. The Balaban J connectivity index is 2.47. The summed E-state index contributed by atoms with van der Waals surface area (Å²) in [5.74, 6) is 0. The SMILES string of the molecule is CCCC(C)N(C)Cc1ccc(CNC(C)C)cn1. The minimum atomic E-state index is 0.515. The van der Waals surface area contributed by atoms with Crippen molar-refractivity contribution in [2.45, 2.75) is 65.7 Å². The Kier molecular flexibility index (Phi) is 7.03. The number of nitrogens with zero attached hydrogens (tertiary/aromatic N) is 2. The minimum Gasteiger partial charge on any atom is -0.310 e. The molecule has 3 heteroatoms. The summed E-state index contributed by atoms with van der Waals surface area (Å²) in [5, 5.41) is 3.41. The molecule has 108 valence electrons. The summed E-state index contributed by atoms with van der Waals surface area (Å²) in [5.41, 5.74) is 2.40. The molecule has 0 aromatic carbocycles. The normalized spacial score (nSPS) is 13.2. The topological polar surface area (TPSA) is 28.2 Å². The van der Waals surface area contributed by atoms with E-state index < -0.39 is 0 Å². The molecule has 1 aromatic heterocycles. The molecular weight excluding hydrogens is 234 g/mol. The van der Waals surface area contributed by atoms with Gasteiger partial charge in [-0.25, -0.2) is 0 Å². The van der Waals surface area contributed by atoms with Gasteiger partial charge in [-0.2, -0.15) is 0 Å². The van der Waals surface area contributed by atoms with Crippen molar-refractivity contribution in [1.29, 1.82) is 0 Å². The molecule has 0 amide bonds. The van der Waals surface area contributed by atoms with Crippen molar-refractivity contribution in [3.63, 3.8) is 0 Å². The first-order valence-corrected chi connectivity index (χ1v) is 7.40. The van der Waals surface area contributed by atoms with E-state index in [-0.39, 0.29) is 0 Å². The molecule has 1 atom stereocenters. The van der Waals surface area contributed by atoms with Gasteiger partial charge >= 0.3 is 0 Å². The van der Waals surface area contributed by atoms with E-state index in [1.54, 1.807) is 0 Å². The van der Waals surface area contributed by atoms with Crippen LogP contribution in [0.3, 0.4) is 0 Å². The third-order valence-electron chi connectivity index (χ3n) is 3.47. The lowest BCUT2D eigenvalue weighted by Gasteiger charge is -2.23. The van der Waals surface area contributed by atoms with Crippen LogP contribution < -0.4 is 5.32 Å². The van der Waals surface area contributed by atoms with Crippen LogP contribution in [0.15, 0.2) is 18.3 Å². The molecule has 3 nitrogen and oxygen atoms in total. The van der Waals surface area contributed by atoms with Crippen molar-refractivity contribution in [1.82, 2.24) is 15.2 Å². The summed E-state index contributed by atoms with van der Waals surface area (Å²) in [6.07, 6.45) is 4.47. The van der Waals surface area contributed by atoms with Crippen LogP contribution in [0.5, 0.6) is 0 Å². The molecule has 0 bridgehead atoms. The molecule has 0 aliphatic heterocycles. The van der Waals surface area contributed by atoms with E-state index in [1.807, 2.05) is 6.20 Å². The molecule has 0 aliphatic carbocycles. The average molecular weight is 263 g/mol. The number of pyridine rings is 1. The fourth-order valence-corrected chi connectivity index (χ4v) is 2.02. The summed E-state index contributed by atoms with van der Waals surface area (Å²) in [4.78, 5) is 6.93. The Morgan fingerprint density at radius 3 is 2.53 bits per heavy atom. The van der Waals surface area contributed by atoms with Crippen LogP contribution in [0.4, 0.5) is 0 Å². The molecule has 1 heterocycles. The molecule has 0 saturated carbocycles. The molecule has 19 heavy (non-hydrogen) atoms. The molecular formula is C16H29N3. The molecule has 1 aromatic rings. The number of aromatic nitrogens is 1. The Bertz CT molecular complexity index is 346. The fourth-order valence-electron chi connectivity index (χ4n) is 2.02. The molecule has 1 unspecified atom stereocenters. The van der Waals surface area contributed by atoms with E-state index >= 15 is 0 Å². The number of hydrogen-bond acceptors (Lipinski definition) is 3. The van der Waals surface area contributed by atoms with Gasteiger partial charge in [0.05, 0.1) is 5.69 Å². The Labute approximate surface area is 118 Å². The lowest BCUT2D eigenvalue weighted by molar-refractivity contribution is 0.234. The van der Waals surface area contributed by atoms with Gasteiger partial charge in [0, 0.05) is 31.4 Å². The maximum atomic E-state index is 4.56. The second-order valence-electron chi connectivity index (χ2n) is 5.75. The maximum absolute atomic E-state index is 4.56. The highest BCUT2D eigenvalue weighted by molar-refractivity contribution is 5.14. The predicted octanol–water partition coefficient (Wildman–Crippen LogP) is 3.20. The molecule has 0 aliphatic rings. The lowest BCUT2D eigenvalue weighted by atomic mass is 10.1. The third kappa shape index (κ3) is 6.17. The first kappa shape index (κ1) is 16.1. The lowest BCUT2D eigenvalue weighted by Crippen LogP contribution is -2.28. The summed E-state index contributed by atoms with van der Waals surface area (Å²) < 4.78 is 0. The minimum absolute atomic E-state index is 0.515. The maximum Gasteiger partial charge on any atom is 0.0544 e. The highest BCUT2D eigenvalue weighted by Gasteiger charge is 2.09. The third-order valence-corrected chi connectivity index (χ3v) is 3.47. The second-order valence-corrected chi connectivity index (χ2v) is 5.75. The monoisotopic (exact) mass is 263 g/mol. The predicted molar refractivity (Wildman–Crippen MR) is 82.0 cm³/mol. The zero-order valence-electron chi connectivity index (χ0n) is 13.1. The molecule has 0 spiro atoms. The molecule has 0 radical (unpaired) electrons. The number of nitrogens with one attached hydrogen (secondary N) is 1. The smallest absolute Gasteiger partial charge is 0.0544 e. The Morgan fingerprint density at radius 2 is 2.00 bits per heavy atom. The standard InChI is InChI=1S/C16H29N3/c1-6-7-14(4)19(5)12-16-9-8-15(11-18-16)10-17-13(2)3/h8-9,11,13-14,17H,6-7,10,12H2,1-5H3. The molecule has 0 saturated heterocycles. The van der Waals surface area contributed by atoms with Gasteiger partial charge in [-0.05, 0) is 32.0 Å². The summed E-state index contributed by atoms with van der Waals surface area (Å²) in [6.45, 7) is 10.7. The van der Waals surface area contributed by atoms with Gasteiger partial charge in [-0.1, -0.05) is 33.3 Å². The van der Waals surface area contributed by atoms with E-state index in [0.29, 0.717) is 12.1 Å². The van der Waals surface area contributed by atoms with Crippen molar-refractivity contribution < 1.29 is 0 Å². The quantitative estimate of drug-likeness (QED) is 0.780. The van der Waals surface area contributed by atoms with Gasteiger partial charge in [-0.15, -0.1) is 0 Å². The zero-order chi connectivity index (χ0) is 14.3. The van der Waals surface area contributed by atoms with E-state index in [4.69, 9.17) is 0 Å². The van der Waals surface area contributed by atoms with Crippen LogP contribution in [-0.2, 0) is 13.1 Å². The van der Waals surface area contributed by atoms with Crippen LogP contribution in [0.1, 0.15) is 51.8 Å². The van der Waals surface area contributed by atoms with Gasteiger partial charge < -0.3 is 5.32 Å². The first-order valence-electron chi connectivity index (χ1n) is 7.40. The number of rotatable bonds is 8. The van der Waals surface area contributed by atoms with Crippen LogP contribution in [0.25, 0.3) is 0 Å². The van der Waals surface area contributed by atoms with Crippen LogP contribution in [0.2, 0.25) is 0 Å². The van der Waals surface area contributed by atoms with E-state index in [2.05, 4.69) is 62.1 Å². The van der Waals surface area contributed by atoms with Crippen molar-refractivity contribution in [2.75, 3.05) is 7.05 Å². The zero-order valence-corrected chi connectivity index (χ0v) is 13.1. The van der Waals surface area contributed by atoms with Crippen LogP contribution >= 0.6 is 0 Å². The van der Waals surface area contributed by atoms with Crippen LogP contribution in [0, 0.1) is 0 Å². The van der Waals surface area contributed by atoms with Crippen molar-refractivity contribution in [3.05, 3.63) is 29.6 Å². The van der Waals surface area contributed by atoms with E-state index in [9.17, 15) is 0 Å². The Morgan fingerprint density at radius 1 is 1.26 bits per heavy atom. The fraction of sp³-hybridized carbons (Fsp3) is 0.688. The van der Waals surface area contributed by atoms with Crippen LogP contribution in [-0.4, -0.2) is 29.0 Å². The number of hydrogen-bond donors (Lipinski definition) is 1. The molecule has 1 N–H and O–H groups in total. The highest BCUT2D eigenvalue weighted by Crippen LogP contribution is 2.09.